The molecule has 7 aromatic carbocycles. The van der Waals surface area contributed by atoms with Gasteiger partial charge in [0.05, 0.1) is 26.3 Å². The minimum Gasteiger partial charge on any atom is -0.497 e. The Bertz CT molecular complexity index is 2860. The number of fused-ring (bicyclic) bond motifs is 3. The fourth-order valence-corrected chi connectivity index (χ4v) is 8.90. The van der Waals surface area contributed by atoms with Crippen LogP contribution in [0.4, 0.5) is 4.79 Å². The number of hydrogen-bond acceptors (Lipinski definition) is 8. The van der Waals surface area contributed by atoms with Gasteiger partial charge in [0, 0.05) is 24.0 Å². The van der Waals surface area contributed by atoms with E-state index in [1.807, 2.05) is 150 Å². The van der Waals surface area contributed by atoms with Gasteiger partial charge < -0.3 is 39.6 Å². The van der Waals surface area contributed by atoms with Gasteiger partial charge >= 0.3 is 6.09 Å². The van der Waals surface area contributed by atoms with E-state index in [1.165, 1.54) is 0 Å². The molecule has 11 nitrogen and oxygen atoms in total. The zero-order valence-corrected chi connectivity index (χ0v) is 41.3. The van der Waals surface area contributed by atoms with Crippen molar-refractivity contribution in [1.82, 2.24) is 16.0 Å². The second kappa shape index (κ2) is 22.1. The van der Waals surface area contributed by atoms with E-state index in [0.717, 1.165) is 50.1 Å². The van der Waals surface area contributed by atoms with Gasteiger partial charge in [0.2, 0.25) is 5.91 Å². The van der Waals surface area contributed by atoms with Crippen LogP contribution in [0.3, 0.4) is 0 Å². The van der Waals surface area contributed by atoms with E-state index < -0.39 is 29.7 Å². The summed E-state index contributed by atoms with van der Waals surface area (Å²) in [5.74, 6) is 1.24. The summed E-state index contributed by atoms with van der Waals surface area (Å²) >= 11 is 0. The summed E-state index contributed by atoms with van der Waals surface area (Å²) in [6.07, 6.45) is -0.588. The Balaban J connectivity index is 1.02. The standard InChI is InChI=1S/C60H61N3O8/c1-38-16-22-41(23-17-38)56(42-24-18-39(2)19-25-42)62-55(64)37-69-44-30-26-43(27-31-44)57(51-33-32-46(67-6)35-54(51)68-7)63-58(65)53(34-40-20-28-45(29-21-40)71-60(3,4)5)61-59(66)70-36-52-49-14-10-8-12-47(49)48-13-9-11-15-50(48)52/h8-33,35,52-53,56-57H,34,36-37H2,1-7H3,(H,61,66)(H,62,64)(H,63,65)/t53-,57?/m0/s1. The van der Waals surface area contributed by atoms with Gasteiger partial charge in [-0.25, -0.2) is 4.79 Å². The molecule has 0 radical (unpaired) electrons. The van der Waals surface area contributed by atoms with Crippen LogP contribution in [0.5, 0.6) is 23.0 Å². The Hall–Kier alpha value is -8.05. The van der Waals surface area contributed by atoms with Crippen molar-refractivity contribution in [2.24, 2.45) is 0 Å². The van der Waals surface area contributed by atoms with Crippen LogP contribution in [-0.4, -0.2) is 57.0 Å². The van der Waals surface area contributed by atoms with E-state index in [1.54, 1.807) is 38.5 Å². The minimum atomic E-state index is -1.07. The number of carbonyl (C=O) groups is 3. The molecule has 71 heavy (non-hydrogen) atoms. The molecule has 0 fully saturated rings. The van der Waals surface area contributed by atoms with Crippen LogP contribution in [0.15, 0.2) is 164 Å². The molecule has 8 rings (SSSR count). The lowest BCUT2D eigenvalue weighted by Crippen LogP contribution is -2.49. The number of carbonyl (C=O) groups excluding carboxylic acids is 3. The molecule has 0 aromatic heterocycles. The maximum atomic E-state index is 14.8. The number of ether oxygens (including phenoxy) is 5. The fraction of sp³-hybridized carbons (Fsp3) is 0.250. The van der Waals surface area contributed by atoms with E-state index >= 15 is 0 Å². The smallest absolute Gasteiger partial charge is 0.407 e. The molecule has 364 valence electrons. The van der Waals surface area contributed by atoms with Crippen LogP contribution in [0, 0.1) is 13.8 Å². The number of methoxy groups -OCH3 is 2. The van der Waals surface area contributed by atoms with Crippen LogP contribution >= 0.6 is 0 Å². The maximum Gasteiger partial charge on any atom is 0.407 e. The number of alkyl carbamates (subject to hydrolysis) is 1. The van der Waals surface area contributed by atoms with Crippen molar-refractivity contribution < 1.29 is 38.1 Å². The van der Waals surface area contributed by atoms with Crippen molar-refractivity contribution in [2.45, 2.75) is 70.7 Å². The third-order valence-electron chi connectivity index (χ3n) is 12.5. The summed E-state index contributed by atoms with van der Waals surface area (Å²) in [5.41, 5.74) is 10.2. The monoisotopic (exact) mass is 951 g/mol. The van der Waals surface area contributed by atoms with E-state index in [9.17, 15) is 14.4 Å². The minimum absolute atomic E-state index is 0.0782. The van der Waals surface area contributed by atoms with Crippen LogP contribution in [0.2, 0.25) is 0 Å². The normalized spacial score (nSPS) is 12.7. The number of aryl methyl sites for hydroxylation is 2. The first kappa shape index (κ1) is 49.4. The molecule has 0 spiro atoms. The van der Waals surface area contributed by atoms with Crippen LogP contribution in [0.25, 0.3) is 11.1 Å². The second-order valence-corrected chi connectivity index (χ2v) is 18.8. The summed E-state index contributed by atoms with van der Waals surface area (Å²) in [7, 11) is 3.12. The van der Waals surface area contributed by atoms with Crippen molar-refractivity contribution in [1.29, 1.82) is 0 Å². The van der Waals surface area contributed by atoms with Gasteiger partial charge in [-0.15, -0.1) is 0 Å². The van der Waals surface area contributed by atoms with Crippen molar-refractivity contribution in [3.8, 4) is 34.1 Å². The summed E-state index contributed by atoms with van der Waals surface area (Å²) in [5, 5.41) is 9.29. The second-order valence-electron chi connectivity index (χ2n) is 18.8. The number of nitrogens with one attached hydrogen (secondary N) is 3. The summed E-state index contributed by atoms with van der Waals surface area (Å²) < 4.78 is 29.5. The van der Waals surface area contributed by atoms with Gasteiger partial charge in [0.15, 0.2) is 6.61 Å². The summed E-state index contributed by atoms with van der Waals surface area (Å²) in [6, 6.07) is 50.2. The highest BCUT2D eigenvalue weighted by Crippen LogP contribution is 2.44. The third kappa shape index (κ3) is 12.4. The lowest BCUT2D eigenvalue weighted by atomic mass is 9.96. The van der Waals surface area contributed by atoms with Gasteiger partial charge in [-0.3, -0.25) is 9.59 Å². The Morgan fingerprint density at radius 2 is 1.11 bits per heavy atom. The quantitative estimate of drug-likeness (QED) is 0.0774. The molecule has 2 atom stereocenters. The van der Waals surface area contributed by atoms with Crippen molar-refractivity contribution in [3.05, 3.63) is 214 Å². The highest BCUT2D eigenvalue weighted by molar-refractivity contribution is 5.87. The molecule has 1 aliphatic carbocycles. The predicted molar refractivity (Wildman–Crippen MR) is 276 cm³/mol. The van der Waals surface area contributed by atoms with E-state index in [4.69, 9.17) is 23.7 Å². The molecule has 11 heteroatoms. The Morgan fingerprint density at radius 1 is 0.577 bits per heavy atom. The van der Waals surface area contributed by atoms with Gasteiger partial charge in [0.25, 0.3) is 5.91 Å². The average molecular weight is 952 g/mol. The number of rotatable bonds is 18. The summed E-state index contributed by atoms with van der Waals surface area (Å²) in [6.45, 7) is 9.83. The van der Waals surface area contributed by atoms with Crippen molar-refractivity contribution in [2.75, 3.05) is 27.4 Å². The molecular formula is C60H61N3O8. The number of amides is 3. The number of benzene rings is 7. The van der Waals surface area contributed by atoms with E-state index in [2.05, 4.69) is 40.2 Å². The Labute approximate surface area is 416 Å². The lowest BCUT2D eigenvalue weighted by Gasteiger charge is -2.26. The molecule has 7 aromatic rings. The molecule has 0 aliphatic heterocycles. The topological polar surface area (TPSA) is 133 Å². The number of hydrogen-bond donors (Lipinski definition) is 3. The largest absolute Gasteiger partial charge is 0.497 e. The zero-order chi connectivity index (χ0) is 50.1. The predicted octanol–water partition coefficient (Wildman–Crippen LogP) is 11.1. The maximum absolute atomic E-state index is 14.8. The van der Waals surface area contributed by atoms with Crippen LogP contribution in [0.1, 0.15) is 88.8 Å². The first-order valence-electron chi connectivity index (χ1n) is 23.8. The molecule has 3 amide bonds. The molecule has 0 saturated heterocycles. The third-order valence-corrected chi connectivity index (χ3v) is 12.5. The molecule has 0 bridgehead atoms. The zero-order valence-electron chi connectivity index (χ0n) is 41.3. The van der Waals surface area contributed by atoms with Gasteiger partial charge in [0.1, 0.15) is 41.2 Å². The highest BCUT2D eigenvalue weighted by Gasteiger charge is 2.31. The highest BCUT2D eigenvalue weighted by atomic mass is 16.5. The SMILES string of the molecule is COc1ccc(C(NC(=O)[C@H](Cc2ccc(OC(C)(C)C)cc2)NC(=O)OCC2c3ccccc3-c3ccccc32)c2ccc(OCC(=O)NC(c3ccc(C)cc3)c3ccc(C)cc3)cc2)c(OC)c1. The first-order valence-corrected chi connectivity index (χ1v) is 23.8. The van der Waals surface area contributed by atoms with Gasteiger partial charge in [-0.2, -0.15) is 0 Å². The molecular weight excluding hydrogens is 891 g/mol. The van der Waals surface area contributed by atoms with E-state index in [0.29, 0.717) is 34.1 Å². The Morgan fingerprint density at radius 3 is 1.68 bits per heavy atom. The van der Waals surface area contributed by atoms with Crippen LogP contribution < -0.4 is 34.9 Å². The van der Waals surface area contributed by atoms with Crippen LogP contribution in [-0.2, 0) is 20.7 Å². The molecule has 0 saturated carbocycles. The fourth-order valence-electron chi connectivity index (χ4n) is 8.90. The first-order chi connectivity index (χ1) is 34.2. The van der Waals surface area contributed by atoms with E-state index in [-0.39, 0.29) is 37.5 Å². The average Bonchev–Trinajstić information content (AvgIpc) is 3.69. The molecule has 1 unspecified atom stereocenters. The molecule has 0 heterocycles. The molecule has 1 aliphatic rings. The van der Waals surface area contributed by atoms with Crippen molar-refractivity contribution in [3.63, 3.8) is 0 Å². The van der Waals surface area contributed by atoms with Gasteiger partial charge in [-0.1, -0.05) is 132 Å². The van der Waals surface area contributed by atoms with Gasteiger partial charge in [-0.05, 0) is 116 Å². The molecule has 3 N–H and O–H groups in total. The summed E-state index contributed by atoms with van der Waals surface area (Å²) in [4.78, 5) is 42.2. The lowest BCUT2D eigenvalue weighted by molar-refractivity contribution is -0.124. The van der Waals surface area contributed by atoms with Crippen molar-refractivity contribution >= 4 is 17.9 Å². The Kier molecular flexibility index (Phi) is 15.4.